The number of nitrogen functional groups attached to an aromatic ring is 1. The molecule has 6 bridgehead atoms. The minimum atomic E-state index is -3.68. The zero-order valence-corrected chi connectivity index (χ0v) is 25.0. The Balaban J connectivity index is 1.15. The van der Waals surface area contributed by atoms with E-state index in [1.165, 1.54) is 10.4 Å². The molecule has 0 saturated carbocycles. The molecular weight excluding hydrogens is 586 g/mol. The van der Waals surface area contributed by atoms with Gasteiger partial charge in [0.15, 0.2) is 5.82 Å². The number of sulfonamides is 1. The van der Waals surface area contributed by atoms with E-state index in [0.717, 1.165) is 34.6 Å². The molecule has 3 heterocycles. The summed E-state index contributed by atoms with van der Waals surface area (Å²) in [5.74, 6) is 0.888. The smallest absolute Gasteiger partial charge is 0.245 e. The Morgan fingerprint density at radius 1 is 1.00 bits per heavy atom. The van der Waals surface area contributed by atoms with Crippen molar-refractivity contribution in [2.45, 2.75) is 37.0 Å². The number of hydrogen-bond donors (Lipinski definition) is 4. The minimum absolute atomic E-state index is 0.0786. The second-order valence-corrected chi connectivity index (χ2v) is 13.2. The molecule has 0 spiro atoms. The number of hydrogen-bond acceptors (Lipinski definition) is 8. The van der Waals surface area contributed by atoms with Gasteiger partial charge in [0.25, 0.3) is 0 Å². The molecule has 43 heavy (non-hydrogen) atoms. The molecule has 1 saturated heterocycles. The van der Waals surface area contributed by atoms with Crippen LogP contribution in [0.25, 0.3) is 0 Å². The molecule has 222 valence electrons. The van der Waals surface area contributed by atoms with Crippen molar-refractivity contribution in [3.8, 4) is 0 Å². The maximum Gasteiger partial charge on any atom is 0.245 e. The number of fused-ring (bicyclic) bond motifs is 6. The molecule has 2 aliphatic rings. The topological polar surface area (TPSA) is 142 Å². The van der Waals surface area contributed by atoms with Crippen LogP contribution in [0, 0.1) is 5.92 Å². The SMILES string of the molecule is Nc1ccccc1S(=O)(=O)N1CCC(CC(=O)Nc2ccc3cc2CCc2cccc(c2)Nc2ncc(Cl)c(n2)N3)CC1. The molecule has 5 N–H and O–H groups in total. The second kappa shape index (κ2) is 12.2. The summed E-state index contributed by atoms with van der Waals surface area (Å²) < 4.78 is 27.7. The molecule has 0 atom stereocenters. The van der Waals surface area contributed by atoms with Crippen LogP contribution in [0.2, 0.25) is 5.02 Å². The number of piperidine rings is 1. The molecule has 10 nitrogen and oxygen atoms in total. The summed E-state index contributed by atoms with van der Waals surface area (Å²) in [5, 5.41) is 10.0. The fourth-order valence-electron chi connectivity index (χ4n) is 5.54. The van der Waals surface area contributed by atoms with Gasteiger partial charge in [0.2, 0.25) is 21.9 Å². The predicted molar refractivity (Wildman–Crippen MR) is 169 cm³/mol. The third-order valence-electron chi connectivity index (χ3n) is 7.84. The van der Waals surface area contributed by atoms with Gasteiger partial charge >= 0.3 is 0 Å². The molecule has 6 rings (SSSR count). The van der Waals surface area contributed by atoms with Crippen LogP contribution < -0.4 is 21.7 Å². The maximum atomic E-state index is 13.2. The molecule has 12 heteroatoms. The van der Waals surface area contributed by atoms with Crippen LogP contribution in [0.3, 0.4) is 0 Å². The summed E-state index contributed by atoms with van der Waals surface area (Å²) in [5.41, 5.74) is 10.7. The Kier molecular flexibility index (Phi) is 8.20. The Hall–Kier alpha value is -4.19. The Morgan fingerprint density at radius 2 is 1.79 bits per heavy atom. The van der Waals surface area contributed by atoms with Crippen molar-refractivity contribution < 1.29 is 13.2 Å². The van der Waals surface area contributed by atoms with Gasteiger partial charge in [-0.1, -0.05) is 35.9 Å². The normalized spacial score (nSPS) is 15.7. The second-order valence-electron chi connectivity index (χ2n) is 10.9. The highest BCUT2D eigenvalue weighted by Crippen LogP contribution is 2.31. The van der Waals surface area contributed by atoms with Crippen LogP contribution in [0.4, 0.5) is 34.5 Å². The van der Waals surface area contributed by atoms with E-state index in [1.54, 1.807) is 24.4 Å². The van der Waals surface area contributed by atoms with Crippen LogP contribution in [0.5, 0.6) is 0 Å². The molecule has 0 radical (unpaired) electrons. The first kappa shape index (κ1) is 28.9. The summed E-state index contributed by atoms with van der Waals surface area (Å²) >= 11 is 6.38. The Morgan fingerprint density at radius 3 is 2.60 bits per heavy atom. The zero-order chi connectivity index (χ0) is 30.0. The quantitative estimate of drug-likeness (QED) is 0.208. The number of para-hydroxylation sites is 1. The third kappa shape index (κ3) is 6.58. The standard InChI is InChI=1S/C31H32ClN7O3S/c32-25-19-34-31-36-23-5-3-4-20(16-23)8-9-22-18-24(35-30(25)38-31)10-11-27(22)37-29(40)17-21-12-14-39(15-13-21)43(41,42)28-7-2-1-6-26(28)33/h1-7,10-11,16,18-19,21H,8-9,12-15,17,33H2,(H,37,40)(H2,34,35,36,38). The summed E-state index contributed by atoms with van der Waals surface area (Å²) in [7, 11) is -3.68. The number of aryl methyl sites for hydroxylation is 2. The summed E-state index contributed by atoms with van der Waals surface area (Å²) in [4.78, 5) is 22.2. The summed E-state index contributed by atoms with van der Waals surface area (Å²) in [6.45, 7) is 0.697. The number of nitrogens with one attached hydrogen (secondary N) is 3. The van der Waals surface area contributed by atoms with Gasteiger partial charge in [0.1, 0.15) is 9.92 Å². The number of amides is 1. The Labute approximate surface area is 255 Å². The van der Waals surface area contributed by atoms with Gasteiger partial charge in [0, 0.05) is 36.6 Å². The fourth-order valence-corrected chi connectivity index (χ4v) is 7.26. The first-order valence-corrected chi connectivity index (χ1v) is 16.0. The minimum Gasteiger partial charge on any atom is -0.398 e. The van der Waals surface area contributed by atoms with E-state index < -0.39 is 10.0 Å². The largest absolute Gasteiger partial charge is 0.398 e. The van der Waals surface area contributed by atoms with Gasteiger partial charge in [-0.2, -0.15) is 9.29 Å². The number of halogens is 1. The lowest BCUT2D eigenvalue weighted by molar-refractivity contribution is -0.117. The first-order chi connectivity index (χ1) is 20.7. The van der Waals surface area contributed by atoms with Gasteiger partial charge in [-0.05, 0) is 85.2 Å². The van der Waals surface area contributed by atoms with Crippen molar-refractivity contribution in [3.05, 3.63) is 89.1 Å². The molecule has 1 aromatic heterocycles. The number of carbonyl (C=O) groups is 1. The van der Waals surface area contributed by atoms with Crippen molar-refractivity contribution in [2.24, 2.45) is 5.92 Å². The van der Waals surface area contributed by atoms with E-state index in [1.807, 2.05) is 30.3 Å². The highest BCUT2D eigenvalue weighted by atomic mass is 35.5. The number of nitrogens with two attached hydrogens (primary N) is 1. The van der Waals surface area contributed by atoms with Gasteiger partial charge in [0.05, 0.1) is 11.9 Å². The monoisotopic (exact) mass is 617 g/mol. The third-order valence-corrected chi connectivity index (χ3v) is 10.1. The molecule has 4 aromatic rings. The molecule has 1 fully saturated rings. The lowest BCUT2D eigenvalue weighted by Crippen LogP contribution is -2.39. The van der Waals surface area contributed by atoms with Crippen LogP contribution in [-0.2, 0) is 27.7 Å². The number of nitrogens with zero attached hydrogens (tertiary/aromatic N) is 3. The van der Waals surface area contributed by atoms with Crippen molar-refractivity contribution in [1.29, 1.82) is 0 Å². The maximum absolute atomic E-state index is 13.2. The highest BCUT2D eigenvalue weighted by molar-refractivity contribution is 7.89. The zero-order valence-electron chi connectivity index (χ0n) is 23.4. The number of carbonyl (C=O) groups excluding carboxylic acids is 1. The number of anilines is 6. The predicted octanol–water partition coefficient (Wildman–Crippen LogP) is 5.73. The number of benzene rings is 3. The van der Waals surface area contributed by atoms with Crippen LogP contribution in [0.1, 0.15) is 30.4 Å². The summed E-state index contributed by atoms with van der Waals surface area (Å²) in [6.07, 6.45) is 4.52. The number of aromatic nitrogens is 2. The van der Waals surface area contributed by atoms with Crippen LogP contribution >= 0.6 is 11.6 Å². The summed E-state index contributed by atoms with van der Waals surface area (Å²) in [6, 6.07) is 20.3. The van der Waals surface area contributed by atoms with Crippen molar-refractivity contribution in [3.63, 3.8) is 0 Å². The highest BCUT2D eigenvalue weighted by Gasteiger charge is 2.31. The van der Waals surface area contributed by atoms with E-state index in [4.69, 9.17) is 17.3 Å². The molecule has 0 unspecified atom stereocenters. The number of rotatable bonds is 5. The molecular formula is C31H32ClN7O3S. The van der Waals surface area contributed by atoms with E-state index in [9.17, 15) is 13.2 Å². The average Bonchev–Trinajstić information content (AvgIpc) is 2.99. The fraction of sp³-hybridized carbons (Fsp3) is 0.258. The molecule has 1 amide bonds. The van der Waals surface area contributed by atoms with Crippen molar-refractivity contribution in [2.75, 3.05) is 34.8 Å². The van der Waals surface area contributed by atoms with E-state index in [0.29, 0.717) is 55.6 Å². The van der Waals surface area contributed by atoms with Crippen molar-refractivity contribution >= 4 is 62.0 Å². The van der Waals surface area contributed by atoms with Gasteiger partial charge in [-0.25, -0.2) is 13.4 Å². The first-order valence-electron chi connectivity index (χ1n) is 14.2. The lowest BCUT2D eigenvalue weighted by atomic mass is 9.94. The van der Waals surface area contributed by atoms with Crippen LogP contribution in [-0.4, -0.2) is 41.7 Å². The van der Waals surface area contributed by atoms with Gasteiger partial charge in [-0.15, -0.1) is 0 Å². The van der Waals surface area contributed by atoms with Gasteiger partial charge in [-0.3, -0.25) is 4.79 Å². The molecule has 2 aliphatic heterocycles. The average molecular weight is 618 g/mol. The molecule has 3 aromatic carbocycles. The molecule has 0 aliphatic carbocycles. The van der Waals surface area contributed by atoms with E-state index >= 15 is 0 Å². The van der Waals surface area contributed by atoms with E-state index in [2.05, 4.69) is 38.1 Å². The van der Waals surface area contributed by atoms with Crippen LogP contribution in [0.15, 0.2) is 77.8 Å². The van der Waals surface area contributed by atoms with Crippen molar-refractivity contribution in [1.82, 2.24) is 14.3 Å². The van der Waals surface area contributed by atoms with Gasteiger partial charge < -0.3 is 21.7 Å². The Bertz CT molecular complexity index is 1780. The lowest BCUT2D eigenvalue weighted by Gasteiger charge is -2.31. The van der Waals surface area contributed by atoms with E-state index in [-0.39, 0.29) is 22.4 Å².